The van der Waals surface area contributed by atoms with Crippen molar-refractivity contribution in [3.05, 3.63) is 0 Å². The Hall–Kier alpha value is -0.770. The first-order valence-electron chi connectivity index (χ1n) is 7.48. The van der Waals surface area contributed by atoms with Crippen LogP contribution in [0.4, 0.5) is 4.79 Å². The SMILES string of the molecule is CC(N)C1CCN(C(=O)N2CCCCCC2)CC1. The molecule has 4 heteroatoms. The number of carbonyl (C=O) groups is 1. The number of amides is 2. The molecule has 0 saturated carbocycles. The molecule has 2 aliphatic rings. The number of hydrogen-bond donors (Lipinski definition) is 1. The van der Waals surface area contributed by atoms with Crippen LogP contribution in [0, 0.1) is 5.92 Å². The molecule has 0 aromatic carbocycles. The van der Waals surface area contributed by atoms with Crippen molar-refractivity contribution in [2.24, 2.45) is 11.7 Å². The first-order chi connectivity index (χ1) is 8.68. The van der Waals surface area contributed by atoms with Gasteiger partial charge in [0, 0.05) is 32.2 Å². The number of rotatable bonds is 1. The quantitative estimate of drug-likeness (QED) is 0.777. The summed E-state index contributed by atoms with van der Waals surface area (Å²) in [5, 5.41) is 0. The topological polar surface area (TPSA) is 49.6 Å². The van der Waals surface area contributed by atoms with Crippen LogP contribution in [0.2, 0.25) is 0 Å². The number of hydrogen-bond acceptors (Lipinski definition) is 2. The Morgan fingerprint density at radius 1 is 1.00 bits per heavy atom. The third kappa shape index (κ3) is 3.37. The van der Waals surface area contributed by atoms with Crippen LogP contribution in [-0.4, -0.2) is 48.1 Å². The number of nitrogens with zero attached hydrogens (tertiary/aromatic N) is 2. The van der Waals surface area contributed by atoms with Crippen molar-refractivity contribution in [2.45, 2.75) is 51.5 Å². The minimum atomic E-state index is 0.264. The van der Waals surface area contributed by atoms with Crippen molar-refractivity contribution in [3.63, 3.8) is 0 Å². The van der Waals surface area contributed by atoms with Gasteiger partial charge in [-0.1, -0.05) is 12.8 Å². The van der Waals surface area contributed by atoms with Crippen LogP contribution in [0.15, 0.2) is 0 Å². The molecule has 0 aliphatic carbocycles. The van der Waals surface area contributed by atoms with Crippen LogP contribution in [-0.2, 0) is 0 Å². The zero-order valence-corrected chi connectivity index (χ0v) is 11.6. The monoisotopic (exact) mass is 253 g/mol. The molecule has 2 fully saturated rings. The summed E-state index contributed by atoms with van der Waals surface area (Å²) in [7, 11) is 0. The predicted octanol–water partition coefficient (Wildman–Crippen LogP) is 2.04. The van der Waals surface area contributed by atoms with Crippen molar-refractivity contribution >= 4 is 6.03 Å². The second-order valence-electron chi connectivity index (χ2n) is 5.87. The Kier molecular flexibility index (Phi) is 4.87. The zero-order chi connectivity index (χ0) is 13.0. The molecule has 0 spiro atoms. The third-order valence-corrected chi connectivity index (χ3v) is 4.43. The summed E-state index contributed by atoms with van der Waals surface area (Å²) < 4.78 is 0. The summed E-state index contributed by atoms with van der Waals surface area (Å²) in [5.74, 6) is 0.596. The minimum Gasteiger partial charge on any atom is -0.328 e. The second-order valence-corrected chi connectivity index (χ2v) is 5.87. The molecule has 1 unspecified atom stereocenters. The lowest BCUT2D eigenvalue weighted by Gasteiger charge is -2.36. The van der Waals surface area contributed by atoms with Gasteiger partial charge in [0.2, 0.25) is 0 Å². The third-order valence-electron chi connectivity index (χ3n) is 4.43. The first kappa shape index (κ1) is 13.7. The maximum absolute atomic E-state index is 12.4. The zero-order valence-electron chi connectivity index (χ0n) is 11.6. The number of piperidine rings is 1. The Balaban J connectivity index is 1.82. The standard InChI is InChI=1S/C14H27N3O/c1-12(15)13-6-10-17(11-7-13)14(18)16-8-4-2-3-5-9-16/h12-13H,2-11,15H2,1H3. The lowest BCUT2D eigenvalue weighted by molar-refractivity contribution is 0.130. The van der Waals surface area contributed by atoms with Gasteiger partial charge in [0.1, 0.15) is 0 Å². The normalized spacial score (nSPS) is 24.8. The molecule has 18 heavy (non-hydrogen) atoms. The van der Waals surface area contributed by atoms with Gasteiger partial charge >= 0.3 is 6.03 Å². The fourth-order valence-electron chi connectivity index (χ4n) is 3.08. The van der Waals surface area contributed by atoms with Gasteiger partial charge < -0.3 is 15.5 Å². The van der Waals surface area contributed by atoms with Gasteiger partial charge in [0.25, 0.3) is 0 Å². The Morgan fingerprint density at radius 3 is 2.00 bits per heavy atom. The number of urea groups is 1. The summed E-state index contributed by atoms with van der Waals surface area (Å²) >= 11 is 0. The van der Waals surface area contributed by atoms with Gasteiger partial charge in [0.15, 0.2) is 0 Å². The van der Waals surface area contributed by atoms with E-state index in [0.29, 0.717) is 5.92 Å². The molecule has 2 aliphatic heterocycles. The molecule has 0 bridgehead atoms. The van der Waals surface area contributed by atoms with E-state index in [0.717, 1.165) is 39.0 Å². The fraction of sp³-hybridized carbons (Fsp3) is 0.929. The predicted molar refractivity (Wildman–Crippen MR) is 73.4 cm³/mol. The maximum Gasteiger partial charge on any atom is 0.319 e. The molecular formula is C14H27N3O. The van der Waals surface area contributed by atoms with E-state index in [2.05, 4.69) is 11.8 Å². The van der Waals surface area contributed by atoms with Crippen molar-refractivity contribution in [1.29, 1.82) is 0 Å². The van der Waals surface area contributed by atoms with Gasteiger partial charge in [-0.3, -0.25) is 0 Å². The molecule has 104 valence electrons. The molecule has 0 aromatic heterocycles. The molecule has 2 heterocycles. The summed E-state index contributed by atoms with van der Waals surface area (Å²) in [6.07, 6.45) is 7.02. The molecule has 4 nitrogen and oxygen atoms in total. The molecular weight excluding hydrogens is 226 g/mol. The van der Waals surface area contributed by atoms with Crippen molar-refractivity contribution < 1.29 is 4.79 Å². The Bertz CT molecular complexity index is 264. The number of carbonyl (C=O) groups excluding carboxylic acids is 1. The largest absolute Gasteiger partial charge is 0.328 e. The highest BCUT2D eigenvalue weighted by Crippen LogP contribution is 2.21. The van der Waals surface area contributed by atoms with E-state index in [1.54, 1.807) is 0 Å². The molecule has 0 aromatic rings. The van der Waals surface area contributed by atoms with Crippen LogP contribution in [0.3, 0.4) is 0 Å². The highest BCUT2D eigenvalue weighted by Gasteiger charge is 2.27. The van der Waals surface area contributed by atoms with Gasteiger partial charge in [-0.05, 0) is 38.5 Å². The lowest BCUT2D eigenvalue weighted by atomic mass is 9.91. The van der Waals surface area contributed by atoms with Gasteiger partial charge in [-0.15, -0.1) is 0 Å². The van der Waals surface area contributed by atoms with Crippen LogP contribution in [0.25, 0.3) is 0 Å². The lowest BCUT2D eigenvalue weighted by Crippen LogP contribution is -2.48. The van der Waals surface area contributed by atoms with Crippen molar-refractivity contribution in [1.82, 2.24) is 9.80 Å². The molecule has 2 N–H and O–H groups in total. The number of nitrogens with two attached hydrogens (primary N) is 1. The highest BCUT2D eigenvalue weighted by molar-refractivity contribution is 5.74. The van der Waals surface area contributed by atoms with E-state index >= 15 is 0 Å². The van der Waals surface area contributed by atoms with Crippen molar-refractivity contribution in [3.8, 4) is 0 Å². The molecule has 2 amide bonds. The van der Waals surface area contributed by atoms with Crippen molar-refractivity contribution in [2.75, 3.05) is 26.2 Å². The van der Waals surface area contributed by atoms with Gasteiger partial charge in [-0.2, -0.15) is 0 Å². The Labute approximate surface area is 110 Å². The minimum absolute atomic E-state index is 0.264. The van der Waals surface area contributed by atoms with E-state index in [-0.39, 0.29) is 12.1 Å². The average molecular weight is 253 g/mol. The molecule has 1 atom stereocenters. The Morgan fingerprint density at radius 2 is 1.50 bits per heavy atom. The molecule has 2 rings (SSSR count). The van der Waals surface area contributed by atoms with Crippen LogP contribution < -0.4 is 5.73 Å². The smallest absolute Gasteiger partial charge is 0.319 e. The van der Waals surface area contributed by atoms with Crippen LogP contribution in [0.1, 0.15) is 45.4 Å². The summed E-state index contributed by atoms with van der Waals surface area (Å²) in [4.78, 5) is 16.5. The second kappa shape index (κ2) is 6.41. The van der Waals surface area contributed by atoms with E-state index in [1.165, 1.54) is 25.7 Å². The van der Waals surface area contributed by atoms with E-state index in [9.17, 15) is 4.79 Å². The first-order valence-corrected chi connectivity index (χ1v) is 7.48. The fourth-order valence-corrected chi connectivity index (χ4v) is 3.08. The average Bonchev–Trinajstić information content (AvgIpc) is 2.67. The van der Waals surface area contributed by atoms with E-state index < -0.39 is 0 Å². The maximum atomic E-state index is 12.4. The highest BCUT2D eigenvalue weighted by atomic mass is 16.2. The number of likely N-dealkylation sites (tertiary alicyclic amines) is 2. The van der Waals surface area contributed by atoms with Crippen LogP contribution >= 0.6 is 0 Å². The van der Waals surface area contributed by atoms with Crippen LogP contribution in [0.5, 0.6) is 0 Å². The molecule has 0 radical (unpaired) electrons. The van der Waals surface area contributed by atoms with E-state index in [1.807, 2.05) is 4.90 Å². The van der Waals surface area contributed by atoms with Gasteiger partial charge in [0.05, 0.1) is 0 Å². The summed E-state index contributed by atoms with van der Waals surface area (Å²) in [5.41, 5.74) is 5.94. The molecule has 2 saturated heterocycles. The summed E-state index contributed by atoms with van der Waals surface area (Å²) in [6, 6.07) is 0.528. The summed E-state index contributed by atoms with van der Waals surface area (Å²) in [6.45, 7) is 5.76. The van der Waals surface area contributed by atoms with E-state index in [4.69, 9.17) is 5.73 Å². The van der Waals surface area contributed by atoms with Gasteiger partial charge in [-0.25, -0.2) is 4.79 Å².